The van der Waals surface area contributed by atoms with Gasteiger partial charge in [0.25, 0.3) is 0 Å². The lowest BCUT2D eigenvalue weighted by atomic mass is 9.98. The normalized spacial score (nSPS) is 22.2. The predicted octanol–water partition coefficient (Wildman–Crippen LogP) is 3.27. The first-order chi connectivity index (χ1) is 9.69. The highest BCUT2D eigenvalue weighted by Crippen LogP contribution is 2.19. The summed E-state index contributed by atoms with van der Waals surface area (Å²) < 4.78 is 5.20. The third-order valence-corrected chi connectivity index (χ3v) is 4.20. The van der Waals surface area contributed by atoms with Gasteiger partial charge in [0, 0.05) is 18.1 Å². The molecule has 2 rings (SSSR count). The van der Waals surface area contributed by atoms with E-state index in [2.05, 4.69) is 36.6 Å². The van der Waals surface area contributed by atoms with Gasteiger partial charge in [-0.15, -0.1) is 0 Å². The molecule has 1 fully saturated rings. The van der Waals surface area contributed by atoms with Gasteiger partial charge in [0.15, 0.2) is 0 Å². The number of piperidine rings is 1. The lowest BCUT2D eigenvalue weighted by Gasteiger charge is -2.28. The zero-order valence-corrected chi connectivity index (χ0v) is 13.0. The second-order valence-electron chi connectivity index (χ2n) is 5.95. The van der Waals surface area contributed by atoms with Crippen LogP contribution in [-0.4, -0.2) is 25.7 Å². The Morgan fingerprint density at radius 2 is 2.00 bits per heavy atom. The molecule has 3 heteroatoms. The molecule has 1 aromatic rings. The van der Waals surface area contributed by atoms with Crippen LogP contribution in [-0.2, 0) is 0 Å². The molecule has 0 saturated carbocycles. The van der Waals surface area contributed by atoms with E-state index in [1.807, 2.05) is 12.1 Å². The summed E-state index contributed by atoms with van der Waals surface area (Å²) in [7, 11) is 1.70. The summed E-state index contributed by atoms with van der Waals surface area (Å²) in [6.45, 7) is 5.70. The van der Waals surface area contributed by atoms with E-state index in [-0.39, 0.29) is 0 Å². The second kappa shape index (κ2) is 7.65. The summed E-state index contributed by atoms with van der Waals surface area (Å²) in [4.78, 5) is 0. The number of hydrogen-bond acceptors (Lipinski definition) is 3. The molecule has 3 atom stereocenters. The molecule has 1 aliphatic heterocycles. The Morgan fingerprint density at radius 1 is 1.25 bits per heavy atom. The molecule has 1 heterocycles. The van der Waals surface area contributed by atoms with Crippen molar-refractivity contribution < 1.29 is 4.74 Å². The van der Waals surface area contributed by atoms with Gasteiger partial charge < -0.3 is 15.4 Å². The lowest BCUT2D eigenvalue weighted by molar-refractivity contribution is 0.334. The van der Waals surface area contributed by atoms with E-state index in [1.54, 1.807) is 7.11 Å². The molecular formula is C17H28N2O. The van der Waals surface area contributed by atoms with Crippen LogP contribution in [0.1, 0.15) is 51.1 Å². The van der Waals surface area contributed by atoms with Crippen molar-refractivity contribution in [1.82, 2.24) is 10.6 Å². The highest BCUT2D eigenvalue weighted by Gasteiger charge is 2.17. The minimum atomic E-state index is 0.375. The first kappa shape index (κ1) is 15.3. The van der Waals surface area contributed by atoms with Gasteiger partial charge in [-0.05, 0) is 57.4 Å². The summed E-state index contributed by atoms with van der Waals surface area (Å²) in [6, 6.07) is 9.93. The molecule has 1 aliphatic rings. The fraction of sp³-hybridized carbons (Fsp3) is 0.647. The first-order valence-corrected chi connectivity index (χ1v) is 7.82. The van der Waals surface area contributed by atoms with E-state index >= 15 is 0 Å². The Morgan fingerprint density at radius 3 is 2.60 bits per heavy atom. The average molecular weight is 276 g/mol. The van der Waals surface area contributed by atoms with Crippen LogP contribution in [0.15, 0.2) is 24.3 Å². The van der Waals surface area contributed by atoms with Crippen LogP contribution in [0.4, 0.5) is 0 Å². The van der Waals surface area contributed by atoms with Gasteiger partial charge >= 0.3 is 0 Å². The van der Waals surface area contributed by atoms with Gasteiger partial charge in [-0.1, -0.05) is 18.6 Å². The number of ether oxygens (including phenoxy) is 1. The Hall–Kier alpha value is -1.06. The summed E-state index contributed by atoms with van der Waals surface area (Å²) >= 11 is 0. The molecule has 1 saturated heterocycles. The average Bonchev–Trinajstić information content (AvgIpc) is 2.48. The standard InChI is InChI=1S/C17H28N2O/c1-13(12-16-6-4-5-11-18-16)19-14(2)15-7-9-17(20-3)10-8-15/h7-10,13-14,16,18-19H,4-6,11-12H2,1-3H3/t13?,14-,16?/m0/s1. The van der Waals surface area contributed by atoms with Crippen LogP contribution in [0, 0.1) is 0 Å². The van der Waals surface area contributed by atoms with Crippen LogP contribution in [0.2, 0.25) is 0 Å². The molecule has 0 spiro atoms. The molecule has 0 radical (unpaired) electrons. The molecule has 2 unspecified atom stereocenters. The summed E-state index contributed by atoms with van der Waals surface area (Å²) in [5.41, 5.74) is 1.31. The van der Waals surface area contributed by atoms with Crippen LogP contribution in [0.5, 0.6) is 5.75 Å². The Bertz CT molecular complexity index is 384. The number of benzene rings is 1. The topological polar surface area (TPSA) is 33.3 Å². The lowest BCUT2D eigenvalue weighted by Crippen LogP contribution is -2.40. The van der Waals surface area contributed by atoms with Crippen molar-refractivity contribution in [1.29, 1.82) is 0 Å². The van der Waals surface area contributed by atoms with E-state index in [0.717, 1.165) is 5.75 Å². The van der Waals surface area contributed by atoms with Crippen molar-refractivity contribution in [2.75, 3.05) is 13.7 Å². The quantitative estimate of drug-likeness (QED) is 0.836. The Labute approximate surface area is 123 Å². The molecule has 1 aromatic carbocycles. The van der Waals surface area contributed by atoms with Gasteiger partial charge in [0.05, 0.1) is 7.11 Å². The molecule has 0 amide bonds. The van der Waals surface area contributed by atoms with E-state index < -0.39 is 0 Å². The first-order valence-electron chi connectivity index (χ1n) is 7.82. The highest BCUT2D eigenvalue weighted by molar-refractivity contribution is 5.28. The van der Waals surface area contributed by atoms with Gasteiger partial charge in [0.2, 0.25) is 0 Å². The maximum Gasteiger partial charge on any atom is 0.118 e. The molecule has 3 nitrogen and oxygen atoms in total. The van der Waals surface area contributed by atoms with Crippen molar-refractivity contribution in [2.24, 2.45) is 0 Å². The predicted molar refractivity (Wildman–Crippen MR) is 84.3 cm³/mol. The van der Waals surface area contributed by atoms with E-state index in [9.17, 15) is 0 Å². The zero-order valence-electron chi connectivity index (χ0n) is 13.0. The Kier molecular flexibility index (Phi) is 5.86. The molecule has 0 aromatic heterocycles. The van der Waals surface area contributed by atoms with Crippen molar-refractivity contribution in [2.45, 2.75) is 57.7 Å². The van der Waals surface area contributed by atoms with Crippen LogP contribution in [0.3, 0.4) is 0 Å². The highest BCUT2D eigenvalue weighted by atomic mass is 16.5. The maximum atomic E-state index is 5.20. The molecule has 112 valence electrons. The van der Waals surface area contributed by atoms with Gasteiger partial charge in [0.1, 0.15) is 5.75 Å². The van der Waals surface area contributed by atoms with E-state index in [0.29, 0.717) is 18.1 Å². The van der Waals surface area contributed by atoms with Crippen LogP contribution >= 0.6 is 0 Å². The summed E-state index contributed by atoms with van der Waals surface area (Å²) in [6.07, 6.45) is 5.24. The molecule has 0 aliphatic carbocycles. The fourth-order valence-electron chi connectivity index (χ4n) is 3.04. The van der Waals surface area contributed by atoms with Crippen molar-refractivity contribution in [3.05, 3.63) is 29.8 Å². The SMILES string of the molecule is COc1ccc([C@H](C)NC(C)CC2CCCCN2)cc1. The number of rotatable bonds is 6. The summed E-state index contributed by atoms with van der Waals surface area (Å²) in [5, 5.41) is 7.32. The third kappa shape index (κ3) is 4.50. The minimum Gasteiger partial charge on any atom is -0.497 e. The molecule has 0 bridgehead atoms. The third-order valence-electron chi connectivity index (χ3n) is 4.20. The van der Waals surface area contributed by atoms with E-state index in [4.69, 9.17) is 4.74 Å². The van der Waals surface area contributed by atoms with Crippen LogP contribution < -0.4 is 15.4 Å². The zero-order chi connectivity index (χ0) is 14.4. The molecule has 20 heavy (non-hydrogen) atoms. The monoisotopic (exact) mass is 276 g/mol. The van der Waals surface area contributed by atoms with Gasteiger partial charge in [-0.2, -0.15) is 0 Å². The number of methoxy groups -OCH3 is 1. The maximum absolute atomic E-state index is 5.20. The Balaban J connectivity index is 1.81. The van der Waals surface area contributed by atoms with Crippen LogP contribution in [0.25, 0.3) is 0 Å². The smallest absolute Gasteiger partial charge is 0.118 e. The van der Waals surface area contributed by atoms with Crippen molar-refractivity contribution in [3.8, 4) is 5.75 Å². The van der Waals surface area contributed by atoms with Crippen molar-refractivity contribution >= 4 is 0 Å². The molecular weight excluding hydrogens is 248 g/mol. The fourth-order valence-corrected chi connectivity index (χ4v) is 3.04. The van der Waals surface area contributed by atoms with E-state index in [1.165, 1.54) is 37.8 Å². The molecule has 2 N–H and O–H groups in total. The van der Waals surface area contributed by atoms with Gasteiger partial charge in [-0.3, -0.25) is 0 Å². The number of nitrogens with one attached hydrogen (secondary N) is 2. The second-order valence-corrected chi connectivity index (χ2v) is 5.95. The number of hydrogen-bond donors (Lipinski definition) is 2. The summed E-state index contributed by atoms with van der Waals surface area (Å²) in [5.74, 6) is 0.917. The van der Waals surface area contributed by atoms with Crippen molar-refractivity contribution in [3.63, 3.8) is 0 Å². The van der Waals surface area contributed by atoms with Gasteiger partial charge in [-0.25, -0.2) is 0 Å². The largest absolute Gasteiger partial charge is 0.497 e. The minimum absolute atomic E-state index is 0.375.